The third-order valence-electron chi connectivity index (χ3n) is 2.41. The molecule has 0 spiro atoms. The molecule has 1 aromatic carbocycles. The van der Waals surface area contributed by atoms with Crippen molar-refractivity contribution in [3.8, 4) is 11.1 Å². The van der Waals surface area contributed by atoms with E-state index in [4.69, 9.17) is 5.11 Å². The van der Waals surface area contributed by atoms with E-state index in [0.717, 1.165) is 0 Å². The third-order valence-corrected chi connectivity index (χ3v) is 2.41. The molecule has 0 amide bonds. The number of ether oxygens (including phenoxy) is 1. The minimum Gasteiger partial charge on any atom is -0.449 e. The van der Waals surface area contributed by atoms with Crippen molar-refractivity contribution in [3.63, 3.8) is 0 Å². The maximum absolute atomic E-state index is 10.9. The molecular formula is C14H10O4. The molecule has 3 rings (SSSR count). The van der Waals surface area contributed by atoms with Gasteiger partial charge in [0.25, 0.3) is 0 Å². The van der Waals surface area contributed by atoms with Gasteiger partial charge in [0.1, 0.15) is 0 Å². The van der Waals surface area contributed by atoms with Gasteiger partial charge >= 0.3 is 12.1 Å². The van der Waals surface area contributed by atoms with Crippen LogP contribution in [-0.4, -0.2) is 17.2 Å². The zero-order valence-corrected chi connectivity index (χ0v) is 9.37. The van der Waals surface area contributed by atoms with Crippen LogP contribution in [0.25, 0.3) is 11.1 Å². The molecule has 0 bridgehead atoms. The molecule has 18 heavy (non-hydrogen) atoms. The van der Waals surface area contributed by atoms with E-state index in [1.54, 1.807) is 18.2 Å². The first kappa shape index (κ1) is 11.9. The van der Waals surface area contributed by atoms with Crippen LogP contribution < -0.4 is 0 Å². The molecule has 2 aliphatic carbocycles. The van der Waals surface area contributed by atoms with Crippen LogP contribution in [0, 0.1) is 0 Å². The second kappa shape index (κ2) is 5.14. The maximum Gasteiger partial charge on any atom is 0.513 e. The molecule has 1 N–H and O–H groups in total. The summed E-state index contributed by atoms with van der Waals surface area (Å²) in [7, 11) is 0. The maximum atomic E-state index is 10.9. The Morgan fingerprint density at radius 1 is 0.833 bits per heavy atom. The Morgan fingerprint density at radius 3 is 1.67 bits per heavy atom. The summed E-state index contributed by atoms with van der Waals surface area (Å²) in [5, 5.41) is 8.10. The van der Waals surface area contributed by atoms with E-state index in [-0.39, 0.29) is 5.56 Å². The lowest BCUT2D eigenvalue weighted by molar-refractivity contribution is 0.0509. The van der Waals surface area contributed by atoms with Crippen molar-refractivity contribution in [1.29, 1.82) is 0 Å². The first-order valence-electron chi connectivity index (χ1n) is 5.27. The average Bonchev–Trinajstić information content (AvgIpc) is 2.35. The molecule has 0 saturated carbocycles. The van der Waals surface area contributed by atoms with E-state index in [9.17, 15) is 9.59 Å². The van der Waals surface area contributed by atoms with Crippen molar-refractivity contribution in [1.82, 2.24) is 0 Å². The fourth-order valence-corrected chi connectivity index (χ4v) is 1.38. The normalized spacial score (nSPS) is 9.78. The van der Waals surface area contributed by atoms with Crippen molar-refractivity contribution in [2.75, 3.05) is 0 Å². The molecule has 1 aromatic rings. The Kier molecular flexibility index (Phi) is 3.38. The van der Waals surface area contributed by atoms with E-state index in [1.165, 1.54) is 23.3 Å². The minimum atomic E-state index is -1.59. The largest absolute Gasteiger partial charge is 0.513 e. The summed E-state index contributed by atoms with van der Waals surface area (Å²) in [6.45, 7) is 0. The lowest BCUT2D eigenvalue weighted by Gasteiger charge is -2.10. The summed E-state index contributed by atoms with van der Waals surface area (Å²) in [5.74, 6) is -0.858. The van der Waals surface area contributed by atoms with Crippen molar-refractivity contribution in [2.24, 2.45) is 0 Å². The molecule has 0 aliphatic heterocycles. The number of hydrogen-bond donors (Lipinski definition) is 1. The molecule has 0 aromatic heterocycles. The van der Waals surface area contributed by atoms with E-state index < -0.39 is 12.1 Å². The molecule has 0 fully saturated rings. The van der Waals surface area contributed by atoms with Crippen LogP contribution in [0.3, 0.4) is 0 Å². The summed E-state index contributed by atoms with van der Waals surface area (Å²) < 4.78 is 3.91. The summed E-state index contributed by atoms with van der Waals surface area (Å²) in [4.78, 5) is 20.8. The van der Waals surface area contributed by atoms with Crippen LogP contribution in [0.4, 0.5) is 4.79 Å². The van der Waals surface area contributed by atoms with Gasteiger partial charge in [-0.3, -0.25) is 0 Å². The molecular weight excluding hydrogens is 232 g/mol. The molecule has 0 saturated heterocycles. The van der Waals surface area contributed by atoms with Gasteiger partial charge in [-0.25, -0.2) is 9.59 Å². The molecule has 2 aliphatic rings. The number of benzene rings is 2. The van der Waals surface area contributed by atoms with Gasteiger partial charge < -0.3 is 9.84 Å². The van der Waals surface area contributed by atoms with Gasteiger partial charge in [0.15, 0.2) is 0 Å². The summed E-state index contributed by atoms with van der Waals surface area (Å²) in [6, 6.07) is 16.4. The Hall–Kier alpha value is -2.62. The highest BCUT2D eigenvalue weighted by Crippen LogP contribution is 2.29. The lowest BCUT2D eigenvalue weighted by atomic mass is 9.95. The van der Waals surface area contributed by atoms with Gasteiger partial charge in [-0.05, 0) is 23.3 Å². The van der Waals surface area contributed by atoms with Gasteiger partial charge in [0.2, 0.25) is 0 Å². The number of carbonyl (C=O) groups is 2. The predicted octanol–water partition coefficient (Wildman–Crippen LogP) is 3.19. The van der Waals surface area contributed by atoms with Crippen molar-refractivity contribution in [3.05, 3.63) is 60.2 Å². The summed E-state index contributed by atoms with van der Waals surface area (Å²) in [5.41, 5.74) is 3.07. The first-order valence-corrected chi connectivity index (χ1v) is 5.27. The monoisotopic (exact) mass is 242 g/mol. The summed E-state index contributed by atoms with van der Waals surface area (Å²) >= 11 is 0. The third kappa shape index (κ3) is 2.74. The van der Waals surface area contributed by atoms with Crippen molar-refractivity contribution < 1.29 is 19.4 Å². The quantitative estimate of drug-likeness (QED) is 0.525. The number of carbonyl (C=O) groups excluding carboxylic acids is 1. The molecule has 0 heterocycles. The highest BCUT2D eigenvalue weighted by Gasteiger charge is 2.09. The topological polar surface area (TPSA) is 63.6 Å². The van der Waals surface area contributed by atoms with E-state index >= 15 is 0 Å². The van der Waals surface area contributed by atoms with Crippen molar-refractivity contribution >= 4 is 12.1 Å². The molecule has 90 valence electrons. The highest BCUT2D eigenvalue weighted by molar-refractivity contribution is 5.94. The first-order chi connectivity index (χ1) is 8.66. The SMILES string of the molecule is O=C(O)OC(=O)c1ccccc1.c1cc2ccc1-2. The average molecular weight is 242 g/mol. The Bertz CT molecular complexity index is 537. The Labute approximate surface area is 103 Å². The van der Waals surface area contributed by atoms with Crippen LogP contribution in [0.1, 0.15) is 10.4 Å². The van der Waals surface area contributed by atoms with Crippen LogP contribution in [0.2, 0.25) is 0 Å². The van der Waals surface area contributed by atoms with Crippen LogP contribution >= 0.6 is 0 Å². The minimum absolute atomic E-state index is 0.222. The lowest BCUT2D eigenvalue weighted by Crippen LogP contribution is -2.09. The summed E-state index contributed by atoms with van der Waals surface area (Å²) in [6.07, 6.45) is -1.59. The zero-order valence-electron chi connectivity index (χ0n) is 9.37. The predicted molar refractivity (Wildman–Crippen MR) is 65.3 cm³/mol. The fraction of sp³-hybridized carbons (Fsp3) is 0. The van der Waals surface area contributed by atoms with E-state index in [0.29, 0.717) is 0 Å². The number of fused-ring (bicyclic) bond motifs is 1. The Morgan fingerprint density at radius 2 is 1.33 bits per heavy atom. The van der Waals surface area contributed by atoms with Gasteiger partial charge in [0, 0.05) is 0 Å². The van der Waals surface area contributed by atoms with Crippen molar-refractivity contribution in [2.45, 2.75) is 0 Å². The molecule has 0 unspecified atom stereocenters. The smallest absolute Gasteiger partial charge is 0.449 e. The number of hydrogen-bond acceptors (Lipinski definition) is 3. The number of esters is 1. The van der Waals surface area contributed by atoms with Gasteiger partial charge in [-0.1, -0.05) is 42.5 Å². The van der Waals surface area contributed by atoms with Crippen LogP contribution in [0.15, 0.2) is 54.6 Å². The zero-order chi connectivity index (χ0) is 13.0. The van der Waals surface area contributed by atoms with Gasteiger partial charge in [0.05, 0.1) is 5.56 Å². The molecule has 4 heteroatoms. The highest BCUT2D eigenvalue weighted by atomic mass is 16.7. The number of carboxylic acid groups (broad SMARTS) is 1. The second-order valence-electron chi connectivity index (χ2n) is 3.60. The van der Waals surface area contributed by atoms with E-state index in [1.807, 2.05) is 0 Å². The van der Waals surface area contributed by atoms with Gasteiger partial charge in [-0.15, -0.1) is 0 Å². The molecule has 0 atom stereocenters. The van der Waals surface area contributed by atoms with Crippen LogP contribution in [-0.2, 0) is 4.74 Å². The number of rotatable bonds is 1. The second-order valence-corrected chi connectivity index (χ2v) is 3.60. The van der Waals surface area contributed by atoms with E-state index in [2.05, 4.69) is 29.0 Å². The molecule has 4 nitrogen and oxygen atoms in total. The Balaban J connectivity index is 0.000000164. The standard InChI is InChI=1S/C8H6O4.C6H4/c9-7(12-8(10)11)6-4-2-1-3-5-6;1-2-6-4-3-5(1)6/h1-5H,(H,10,11);1-4H. The van der Waals surface area contributed by atoms with Gasteiger partial charge in [-0.2, -0.15) is 0 Å². The molecule has 0 radical (unpaired) electrons. The van der Waals surface area contributed by atoms with Crippen LogP contribution in [0.5, 0.6) is 0 Å². The fourth-order valence-electron chi connectivity index (χ4n) is 1.38.